The second-order valence-electron chi connectivity index (χ2n) is 4.38. The highest BCUT2D eigenvalue weighted by Crippen LogP contribution is 2.18. The predicted octanol–water partition coefficient (Wildman–Crippen LogP) is 2.64. The van der Waals surface area contributed by atoms with E-state index in [4.69, 9.17) is 4.74 Å². The molecule has 0 saturated heterocycles. The van der Waals surface area contributed by atoms with Crippen molar-refractivity contribution in [3.05, 3.63) is 29.8 Å². The molecule has 0 radical (unpaired) electrons. The summed E-state index contributed by atoms with van der Waals surface area (Å²) in [5.41, 5.74) is 0.443. The van der Waals surface area contributed by atoms with E-state index in [1.165, 1.54) is 14.0 Å². The SMILES string of the molecule is CCC(C)(OC)C(=O)Nc1ccc(C(C)=O)cc1. The maximum atomic E-state index is 12.0. The zero-order chi connectivity index (χ0) is 13.8. The molecule has 1 unspecified atom stereocenters. The van der Waals surface area contributed by atoms with Gasteiger partial charge in [0.05, 0.1) is 0 Å². The largest absolute Gasteiger partial charge is 0.369 e. The summed E-state index contributed by atoms with van der Waals surface area (Å²) in [7, 11) is 1.52. The maximum absolute atomic E-state index is 12.0. The van der Waals surface area contributed by atoms with Gasteiger partial charge in [0.25, 0.3) is 5.91 Å². The molecule has 18 heavy (non-hydrogen) atoms. The molecule has 4 heteroatoms. The average Bonchev–Trinajstić information content (AvgIpc) is 2.38. The van der Waals surface area contributed by atoms with Gasteiger partial charge < -0.3 is 10.1 Å². The summed E-state index contributed by atoms with van der Waals surface area (Å²) in [6, 6.07) is 6.79. The summed E-state index contributed by atoms with van der Waals surface area (Å²) >= 11 is 0. The number of amides is 1. The van der Waals surface area contributed by atoms with Gasteiger partial charge in [-0.05, 0) is 44.5 Å². The molecule has 0 aliphatic heterocycles. The first-order valence-corrected chi connectivity index (χ1v) is 5.90. The molecule has 4 nitrogen and oxygen atoms in total. The molecule has 1 atom stereocenters. The normalized spacial score (nSPS) is 13.8. The van der Waals surface area contributed by atoms with Crippen molar-refractivity contribution in [1.29, 1.82) is 0 Å². The Morgan fingerprint density at radius 2 is 1.83 bits per heavy atom. The van der Waals surface area contributed by atoms with Crippen molar-refractivity contribution in [3.63, 3.8) is 0 Å². The van der Waals surface area contributed by atoms with Crippen LogP contribution in [0, 0.1) is 0 Å². The molecule has 0 spiro atoms. The van der Waals surface area contributed by atoms with Crippen LogP contribution in [-0.4, -0.2) is 24.4 Å². The highest BCUT2D eigenvalue weighted by Gasteiger charge is 2.30. The number of rotatable bonds is 5. The van der Waals surface area contributed by atoms with E-state index in [2.05, 4.69) is 5.32 Å². The van der Waals surface area contributed by atoms with Crippen molar-refractivity contribution in [1.82, 2.24) is 0 Å². The minimum atomic E-state index is -0.834. The third-order valence-electron chi connectivity index (χ3n) is 3.15. The summed E-state index contributed by atoms with van der Waals surface area (Å²) in [4.78, 5) is 23.1. The van der Waals surface area contributed by atoms with Gasteiger partial charge in [0.2, 0.25) is 0 Å². The van der Waals surface area contributed by atoms with Gasteiger partial charge in [0.15, 0.2) is 5.78 Å². The second kappa shape index (κ2) is 5.78. The molecule has 98 valence electrons. The molecule has 0 fully saturated rings. The Hall–Kier alpha value is -1.68. The fourth-order valence-electron chi connectivity index (χ4n) is 1.45. The lowest BCUT2D eigenvalue weighted by Gasteiger charge is -2.25. The van der Waals surface area contributed by atoms with Crippen molar-refractivity contribution in [2.75, 3.05) is 12.4 Å². The molecular formula is C14H19NO3. The zero-order valence-corrected chi connectivity index (χ0v) is 11.2. The number of hydrogen-bond donors (Lipinski definition) is 1. The Bertz CT molecular complexity index is 433. The van der Waals surface area contributed by atoms with E-state index >= 15 is 0 Å². The number of benzene rings is 1. The Labute approximate surface area is 107 Å². The molecule has 0 aliphatic rings. The first-order chi connectivity index (χ1) is 8.42. The molecule has 1 rings (SSSR count). The lowest BCUT2D eigenvalue weighted by Crippen LogP contribution is -2.41. The zero-order valence-electron chi connectivity index (χ0n) is 11.2. The van der Waals surface area contributed by atoms with Gasteiger partial charge in [0, 0.05) is 18.4 Å². The van der Waals surface area contributed by atoms with Gasteiger partial charge in [-0.25, -0.2) is 0 Å². The van der Waals surface area contributed by atoms with Crippen molar-refractivity contribution in [3.8, 4) is 0 Å². The van der Waals surface area contributed by atoms with E-state index in [-0.39, 0.29) is 11.7 Å². The number of carbonyl (C=O) groups is 2. The average molecular weight is 249 g/mol. The van der Waals surface area contributed by atoms with Crippen LogP contribution in [0.1, 0.15) is 37.6 Å². The third-order valence-corrected chi connectivity index (χ3v) is 3.15. The number of methoxy groups -OCH3 is 1. The van der Waals surface area contributed by atoms with Gasteiger partial charge in [-0.15, -0.1) is 0 Å². The molecule has 0 heterocycles. The number of ketones is 1. The lowest BCUT2D eigenvalue weighted by molar-refractivity contribution is -0.136. The van der Waals surface area contributed by atoms with E-state index in [1.54, 1.807) is 31.2 Å². The Kier molecular flexibility index (Phi) is 4.62. The van der Waals surface area contributed by atoms with Gasteiger partial charge in [0.1, 0.15) is 5.60 Å². The second-order valence-corrected chi connectivity index (χ2v) is 4.38. The number of hydrogen-bond acceptors (Lipinski definition) is 3. The number of ether oxygens (including phenoxy) is 1. The van der Waals surface area contributed by atoms with E-state index in [9.17, 15) is 9.59 Å². The van der Waals surface area contributed by atoms with Crippen LogP contribution in [0.25, 0.3) is 0 Å². The summed E-state index contributed by atoms with van der Waals surface area (Å²) in [5, 5.41) is 2.78. The van der Waals surface area contributed by atoms with Crippen molar-refractivity contribution >= 4 is 17.4 Å². The van der Waals surface area contributed by atoms with Gasteiger partial charge >= 0.3 is 0 Å². The number of nitrogens with one attached hydrogen (secondary N) is 1. The van der Waals surface area contributed by atoms with Crippen molar-refractivity contribution < 1.29 is 14.3 Å². The van der Waals surface area contributed by atoms with Crippen LogP contribution in [0.15, 0.2) is 24.3 Å². The Morgan fingerprint density at radius 3 is 2.22 bits per heavy atom. The van der Waals surface area contributed by atoms with Gasteiger partial charge in [-0.1, -0.05) is 6.92 Å². The minimum Gasteiger partial charge on any atom is -0.369 e. The maximum Gasteiger partial charge on any atom is 0.256 e. The summed E-state index contributed by atoms with van der Waals surface area (Å²) in [5.74, 6) is -0.189. The fourth-order valence-corrected chi connectivity index (χ4v) is 1.45. The highest BCUT2D eigenvalue weighted by molar-refractivity contribution is 5.98. The number of Topliss-reactive ketones (excluding diaryl/α,β-unsaturated/α-hetero) is 1. The smallest absolute Gasteiger partial charge is 0.256 e. The molecule has 0 aliphatic carbocycles. The minimum absolute atomic E-state index is 0.00293. The van der Waals surface area contributed by atoms with Crippen molar-refractivity contribution in [2.24, 2.45) is 0 Å². The van der Waals surface area contributed by atoms with E-state index in [0.717, 1.165) is 0 Å². The van der Waals surface area contributed by atoms with Gasteiger partial charge in [-0.2, -0.15) is 0 Å². The first kappa shape index (κ1) is 14.4. The Morgan fingerprint density at radius 1 is 1.28 bits per heavy atom. The van der Waals surface area contributed by atoms with Crippen LogP contribution in [-0.2, 0) is 9.53 Å². The standard InChI is InChI=1S/C14H19NO3/c1-5-14(3,18-4)13(17)15-12-8-6-11(7-9-12)10(2)16/h6-9H,5H2,1-4H3,(H,15,17). The van der Waals surface area contributed by atoms with Crippen LogP contribution in [0.4, 0.5) is 5.69 Å². The van der Waals surface area contributed by atoms with Crippen LogP contribution in [0.2, 0.25) is 0 Å². The monoisotopic (exact) mass is 249 g/mol. The number of anilines is 1. The van der Waals surface area contributed by atoms with E-state index in [0.29, 0.717) is 17.7 Å². The molecule has 1 aromatic carbocycles. The molecule has 0 bridgehead atoms. The highest BCUT2D eigenvalue weighted by atomic mass is 16.5. The van der Waals surface area contributed by atoms with Crippen LogP contribution in [0.5, 0.6) is 0 Å². The van der Waals surface area contributed by atoms with Crippen LogP contribution < -0.4 is 5.32 Å². The van der Waals surface area contributed by atoms with Crippen LogP contribution in [0.3, 0.4) is 0 Å². The first-order valence-electron chi connectivity index (χ1n) is 5.90. The summed E-state index contributed by atoms with van der Waals surface area (Å²) in [6.07, 6.45) is 0.584. The predicted molar refractivity (Wildman–Crippen MR) is 70.8 cm³/mol. The van der Waals surface area contributed by atoms with Gasteiger partial charge in [-0.3, -0.25) is 9.59 Å². The summed E-state index contributed by atoms with van der Waals surface area (Å²) < 4.78 is 5.22. The molecule has 0 aromatic heterocycles. The molecule has 1 amide bonds. The molecule has 0 saturated carbocycles. The lowest BCUT2D eigenvalue weighted by atomic mass is 10.0. The number of carbonyl (C=O) groups excluding carboxylic acids is 2. The quantitative estimate of drug-likeness (QED) is 0.816. The topological polar surface area (TPSA) is 55.4 Å². The fraction of sp³-hybridized carbons (Fsp3) is 0.429. The molecule has 1 N–H and O–H groups in total. The Balaban J connectivity index is 2.79. The molecule has 1 aromatic rings. The van der Waals surface area contributed by atoms with Crippen LogP contribution >= 0.6 is 0 Å². The molecular weight excluding hydrogens is 230 g/mol. The summed E-state index contributed by atoms with van der Waals surface area (Å²) in [6.45, 7) is 5.14. The third kappa shape index (κ3) is 3.17. The van der Waals surface area contributed by atoms with E-state index in [1.807, 2.05) is 6.92 Å². The van der Waals surface area contributed by atoms with E-state index < -0.39 is 5.60 Å². The van der Waals surface area contributed by atoms with Crippen molar-refractivity contribution in [2.45, 2.75) is 32.8 Å².